The highest BCUT2D eigenvalue weighted by Gasteiger charge is 2.67. The van der Waals surface area contributed by atoms with Gasteiger partial charge in [-0.05, 0) is 30.6 Å². The maximum atomic E-state index is 10.3. The zero-order chi connectivity index (χ0) is 9.91. The largest absolute Gasteiger partial charge is 0.377 e. The zero-order valence-electron chi connectivity index (χ0n) is 8.72. The minimum absolute atomic E-state index is 0.0700. The lowest BCUT2D eigenvalue weighted by atomic mass is 9.65. The summed E-state index contributed by atoms with van der Waals surface area (Å²) >= 11 is 0. The van der Waals surface area contributed by atoms with E-state index in [-0.39, 0.29) is 10.8 Å². The molecule has 2 fully saturated rings. The molecule has 0 aromatic heterocycles. The Morgan fingerprint density at radius 1 is 1.38 bits per heavy atom. The predicted molar refractivity (Wildman–Crippen MR) is 53.0 cm³/mol. The molecule has 13 heavy (non-hydrogen) atoms. The Bertz CT molecular complexity index is 286. The summed E-state index contributed by atoms with van der Waals surface area (Å²) in [6.45, 7) is 6.65. The summed E-state index contributed by atoms with van der Waals surface area (Å²) in [6, 6.07) is 0. The van der Waals surface area contributed by atoms with E-state index in [4.69, 9.17) is 6.42 Å². The van der Waals surface area contributed by atoms with Crippen molar-refractivity contribution in [2.75, 3.05) is 0 Å². The molecule has 0 aliphatic heterocycles. The summed E-state index contributed by atoms with van der Waals surface area (Å²) in [5.74, 6) is 3.23. The average molecular weight is 178 g/mol. The fraction of sp³-hybridized carbons (Fsp3) is 0.833. The Labute approximate surface area is 80.5 Å². The van der Waals surface area contributed by atoms with E-state index in [0.29, 0.717) is 5.92 Å². The summed E-state index contributed by atoms with van der Waals surface area (Å²) in [7, 11) is 0. The number of hydrogen-bond acceptors (Lipinski definition) is 1. The molecule has 1 N–H and O–H groups in total. The van der Waals surface area contributed by atoms with Crippen LogP contribution in [-0.4, -0.2) is 10.7 Å². The van der Waals surface area contributed by atoms with E-state index in [1.54, 1.807) is 0 Å². The van der Waals surface area contributed by atoms with Gasteiger partial charge in [0.2, 0.25) is 0 Å². The van der Waals surface area contributed by atoms with Crippen molar-refractivity contribution < 1.29 is 5.11 Å². The van der Waals surface area contributed by atoms with E-state index in [9.17, 15) is 5.11 Å². The molecule has 72 valence electrons. The van der Waals surface area contributed by atoms with Crippen molar-refractivity contribution in [2.24, 2.45) is 16.7 Å². The number of rotatable bonds is 0. The summed E-state index contributed by atoms with van der Waals surface area (Å²) in [6.07, 6.45) is 8.56. The maximum absolute atomic E-state index is 10.3. The standard InChI is InChI=1S/C12H18O/c1-5-12(13)8-9-6-7-11(12,4)10(9,2)3/h1,9,13H,6-8H2,2-4H3. The van der Waals surface area contributed by atoms with Crippen molar-refractivity contribution in [3.8, 4) is 12.3 Å². The fourth-order valence-electron chi connectivity index (χ4n) is 3.49. The second kappa shape index (κ2) is 2.12. The summed E-state index contributed by atoms with van der Waals surface area (Å²) in [5.41, 5.74) is -0.715. The lowest BCUT2D eigenvalue weighted by Crippen LogP contribution is -2.45. The molecule has 0 aromatic carbocycles. The van der Waals surface area contributed by atoms with E-state index in [1.807, 2.05) is 0 Å². The number of terminal acetylenes is 1. The molecule has 2 aliphatic carbocycles. The van der Waals surface area contributed by atoms with Gasteiger partial charge in [0.25, 0.3) is 0 Å². The van der Waals surface area contributed by atoms with Crippen LogP contribution in [0, 0.1) is 29.1 Å². The molecule has 0 amide bonds. The van der Waals surface area contributed by atoms with E-state index in [2.05, 4.69) is 26.7 Å². The van der Waals surface area contributed by atoms with E-state index < -0.39 is 5.60 Å². The van der Waals surface area contributed by atoms with Gasteiger partial charge in [-0.15, -0.1) is 6.42 Å². The molecule has 0 heterocycles. The molecule has 2 rings (SSSR count). The van der Waals surface area contributed by atoms with Crippen LogP contribution in [0.25, 0.3) is 0 Å². The van der Waals surface area contributed by atoms with Crippen LogP contribution in [0.2, 0.25) is 0 Å². The Morgan fingerprint density at radius 2 is 2.00 bits per heavy atom. The van der Waals surface area contributed by atoms with Crippen molar-refractivity contribution in [1.82, 2.24) is 0 Å². The van der Waals surface area contributed by atoms with E-state index in [0.717, 1.165) is 12.8 Å². The Balaban J connectivity index is 2.51. The van der Waals surface area contributed by atoms with Gasteiger partial charge in [-0.2, -0.15) is 0 Å². The van der Waals surface area contributed by atoms with Crippen molar-refractivity contribution in [3.63, 3.8) is 0 Å². The minimum atomic E-state index is -0.848. The molecule has 3 unspecified atom stereocenters. The Hall–Kier alpha value is -0.480. The third kappa shape index (κ3) is 0.742. The molecule has 0 aromatic rings. The number of hydrogen-bond donors (Lipinski definition) is 1. The van der Waals surface area contributed by atoms with Crippen molar-refractivity contribution >= 4 is 0 Å². The molecule has 2 aliphatic rings. The van der Waals surface area contributed by atoms with Crippen molar-refractivity contribution in [2.45, 2.75) is 45.6 Å². The van der Waals surface area contributed by atoms with Gasteiger partial charge >= 0.3 is 0 Å². The van der Waals surface area contributed by atoms with Crippen molar-refractivity contribution in [1.29, 1.82) is 0 Å². The maximum Gasteiger partial charge on any atom is 0.131 e. The SMILES string of the molecule is C#CC1(O)CC2CCC1(C)C2(C)C. The van der Waals surface area contributed by atoms with Crippen LogP contribution in [0.15, 0.2) is 0 Å². The van der Waals surface area contributed by atoms with Gasteiger partial charge in [0, 0.05) is 5.41 Å². The number of fused-ring (bicyclic) bond motifs is 2. The summed E-state index contributed by atoms with van der Waals surface area (Å²) in [5, 5.41) is 10.3. The highest BCUT2D eigenvalue weighted by molar-refractivity contribution is 5.27. The molecular formula is C12H18O. The van der Waals surface area contributed by atoms with Gasteiger partial charge in [0.1, 0.15) is 5.60 Å². The zero-order valence-corrected chi connectivity index (χ0v) is 8.72. The first-order chi connectivity index (χ1) is 5.87. The minimum Gasteiger partial charge on any atom is -0.377 e. The van der Waals surface area contributed by atoms with Gasteiger partial charge in [-0.1, -0.05) is 26.7 Å². The first kappa shape index (κ1) is 9.09. The summed E-state index contributed by atoms with van der Waals surface area (Å²) < 4.78 is 0. The lowest BCUT2D eigenvalue weighted by Gasteiger charge is -2.42. The van der Waals surface area contributed by atoms with Gasteiger partial charge in [0.05, 0.1) is 0 Å². The predicted octanol–water partition coefficient (Wildman–Crippen LogP) is 2.20. The second-order valence-electron chi connectivity index (χ2n) is 5.50. The van der Waals surface area contributed by atoms with Crippen molar-refractivity contribution in [3.05, 3.63) is 0 Å². The first-order valence-electron chi connectivity index (χ1n) is 5.07. The van der Waals surface area contributed by atoms with Crippen LogP contribution in [0.1, 0.15) is 40.0 Å². The van der Waals surface area contributed by atoms with E-state index >= 15 is 0 Å². The van der Waals surface area contributed by atoms with Crippen LogP contribution < -0.4 is 0 Å². The topological polar surface area (TPSA) is 20.2 Å². The van der Waals surface area contributed by atoms with Gasteiger partial charge in [-0.3, -0.25) is 0 Å². The van der Waals surface area contributed by atoms with E-state index in [1.165, 1.54) is 6.42 Å². The first-order valence-corrected chi connectivity index (χ1v) is 5.07. The lowest BCUT2D eigenvalue weighted by molar-refractivity contribution is -0.0431. The molecular weight excluding hydrogens is 160 g/mol. The highest BCUT2D eigenvalue weighted by Crippen LogP contribution is 2.69. The quantitative estimate of drug-likeness (QED) is 0.564. The van der Waals surface area contributed by atoms with Gasteiger partial charge in [0.15, 0.2) is 0 Å². The van der Waals surface area contributed by atoms with Crippen LogP contribution in [0.3, 0.4) is 0 Å². The van der Waals surface area contributed by atoms with Crippen LogP contribution in [0.4, 0.5) is 0 Å². The van der Waals surface area contributed by atoms with Gasteiger partial charge < -0.3 is 5.11 Å². The third-order valence-corrected chi connectivity index (χ3v) is 5.13. The van der Waals surface area contributed by atoms with Gasteiger partial charge in [-0.25, -0.2) is 0 Å². The fourth-order valence-corrected chi connectivity index (χ4v) is 3.49. The molecule has 0 spiro atoms. The highest BCUT2D eigenvalue weighted by atomic mass is 16.3. The monoisotopic (exact) mass is 178 g/mol. The molecule has 0 radical (unpaired) electrons. The number of aliphatic hydroxyl groups is 1. The molecule has 2 bridgehead atoms. The average Bonchev–Trinajstić information content (AvgIpc) is 2.36. The van der Waals surface area contributed by atoms with Crippen LogP contribution in [0.5, 0.6) is 0 Å². The van der Waals surface area contributed by atoms with Crippen LogP contribution >= 0.6 is 0 Å². The smallest absolute Gasteiger partial charge is 0.131 e. The molecule has 1 heteroatoms. The Kier molecular flexibility index (Phi) is 1.48. The molecule has 1 nitrogen and oxygen atoms in total. The molecule has 0 saturated heterocycles. The normalized spacial score (nSPS) is 52.1. The molecule has 2 saturated carbocycles. The van der Waals surface area contributed by atoms with Crippen LogP contribution in [-0.2, 0) is 0 Å². The molecule has 3 atom stereocenters. The Morgan fingerprint density at radius 3 is 2.23 bits per heavy atom. The second-order valence-corrected chi connectivity index (χ2v) is 5.50. The summed E-state index contributed by atoms with van der Waals surface area (Å²) in [4.78, 5) is 0. The third-order valence-electron chi connectivity index (χ3n) is 5.13.